The van der Waals surface area contributed by atoms with E-state index in [9.17, 15) is 28.8 Å². The topological polar surface area (TPSA) is 122 Å². The fourth-order valence-corrected chi connectivity index (χ4v) is 3.97. The number of nitriles is 1. The first-order chi connectivity index (χ1) is 17.2. The first-order valence-corrected chi connectivity index (χ1v) is 11.0. The molecule has 36 heavy (non-hydrogen) atoms. The van der Waals surface area contributed by atoms with Crippen molar-refractivity contribution in [2.45, 2.75) is 20.4 Å². The Morgan fingerprint density at radius 2 is 1.64 bits per heavy atom. The van der Waals surface area contributed by atoms with Gasteiger partial charge in [0.25, 0.3) is 17.7 Å². The average molecular weight is 488 g/mol. The Morgan fingerprint density at radius 3 is 2.22 bits per heavy atom. The van der Waals surface area contributed by atoms with Gasteiger partial charge in [-0.3, -0.25) is 24.1 Å². The van der Waals surface area contributed by atoms with Crippen LogP contribution in [0.3, 0.4) is 0 Å². The molecule has 0 atom stereocenters. The number of ether oxygens (including phenoxy) is 1. The molecular formula is C26H21FN4O5. The summed E-state index contributed by atoms with van der Waals surface area (Å²) in [5.74, 6) is -3.03. The number of hydrogen-bond donors (Lipinski definition) is 1. The third kappa shape index (κ3) is 4.59. The van der Waals surface area contributed by atoms with E-state index in [1.807, 2.05) is 0 Å². The first kappa shape index (κ1) is 24.3. The molecule has 10 heteroatoms. The minimum absolute atomic E-state index is 0.199. The van der Waals surface area contributed by atoms with Gasteiger partial charge >= 0.3 is 5.97 Å². The lowest BCUT2D eigenvalue weighted by molar-refractivity contribution is -0.147. The molecule has 3 amide bonds. The molecular weight excluding hydrogens is 467 g/mol. The molecule has 9 nitrogen and oxygen atoms in total. The number of esters is 1. The normalized spacial score (nSPS) is 12.3. The van der Waals surface area contributed by atoms with Gasteiger partial charge < -0.3 is 14.6 Å². The molecule has 4 rings (SSSR count). The fourth-order valence-electron chi connectivity index (χ4n) is 3.97. The predicted molar refractivity (Wildman–Crippen MR) is 126 cm³/mol. The fraction of sp³-hybridized carbons (Fsp3) is 0.192. The smallest absolute Gasteiger partial charge is 0.326 e. The lowest BCUT2D eigenvalue weighted by Gasteiger charge is -2.15. The van der Waals surface area contributed by atoms with E-state index in [4.69, 9.17) is 4.74 Å². The van der Waals surface area contributed by atoms with Gasteiger partial charge in [-0.1, -0.05) is 24.3 Å². The SMILES string of the molecule is Cc1c(C#N)c(NC(=O)COC(=O)CN2C(=O)c3ccccc3C2=O)n(Cc2ccc(F)cc2)c1C. The number of amides is 3. The molecule has 0 unspecified atom stereocenters. The van der Waals surface area contributed by atoms with Crippen LogP contribution in [0.5, 0.6) is 0 Å². The van der Waals surface area contributed by atoms with Crippen molar-refractivity contribution in [3.63, 3.8) is 0 Å². The summed E-state index contributed by atoms with van der Waals surface area (Å²) < 4.78 is 20.0. The van der Waals surface area contributed by atoms with Crippen molar-refractivity contribution < 1.29 is 28.3 Å². The summed E-state index contributed by atoms with van der Waals surface area (Å²) in [4.78, 5) is 50.4. The van der Waals surface area contributed by atoms with Crippen molar-refractivity contribution in [3.8, 4) is 6.07 Å². The van der Waals surface area contributed by atoms with Gasteiger partial charge in [-0.25, -0.2) is 4.39 Å². The van der Waals surface area contributed by atoms with Gasteiger partial charge in [0.05, 0.1) is 16.7 Å². The number of halogens is 1. The van der Waals surface area contributed by atoms with E-state index in [1.54, 1.807) is 42.7 Å². The second-order valence-corrected chi connectivity index (χ2v) is 8.21. The Morgan fingerprint density at radius 1 is 1.03 bits per heavy atom. The summed E-state index contributed by atoms with van der Waals surface area (Å²) in [6.07, 6.45) is 0. The molecule has 2 aromatic carbocycles. The minimum Gasteiger partial charge on any atom is -0.454 e. The van der Waals surface area contributed by atoms with E-state index in [1.165, 1.54) is 24.3 Å². The molecule has 0 saturated heterocycles. The Kier molecular flexibility index (Phi) is 6.65. The molecule has 1 aliphatic rings. The molecule has 0 bridgehead atoms. The van der Waals surface area contributed by atoms with E-state index >= 15 is 0 Å². The van der Waals surface area contributed by atoms with Gasteiger partial charge in [-0.15, -0.1) is 0 Å². The number of nitrogens with one attached hydrogen (secondary N) is 1. The highest BCUT2D eigenvalue weighted by atomic mass is 19.1. The van der Waals surface area contributed by atoms with Crippen molar-refractivity contribution in [2.75, 3.05) is 18.5 Å². The van der Waals surface area contributed by atoms with Gasteiger partial charge in [0.15, 0.2) is 6.61 Å². The number of hydrogen-bond acceptors (Lipinski definition) is 6. The van der Waals surface area contributed by atoms with Crippen LogP contribution in [-0.2, 0) is 20.9 Å². The Balaban J connectivity index is 1.42. The predicted octanol–water partition coefficient (Wildman–Crippen LogP) is 2.94. The Labute approximate surface area is 205 Å². The van der Waals surface area contributed by atoms with Crippen molar-refractivity contribution in [1.29, 1.82) is 5.26 Å². The van der Waals surface area contributed by atoms with Gasteiger partial charge in [-0.05, 0) is 49.2 Å². The minimum atomic E-state index is -0.936. The number of anilines is 1. The number of aromatic nitrogens is 1. The molecule has 2 heterocycles. The monoisotopic (exact) mass is 488 g/mol. The Bertz CT molecular complexity index is 1400. The number of imide groups is 1. The van der Waals surface area contributed by atoms with Gasteiger partial charge in [0.1, 0.15) is 24.2 Å². The lowest BCUT2D eigenvalue weighted by Crippen LogP contribution is -2.36. The van der Waals surface area contributed by atoms with Crippen LogP contribution in [0.2, 0.25) is 0 Å². The van der Waals surface area contributed by atoms with Crippen molar-refractivity contribution in [2.24, 2.45) is 0 Å². The zero-order valence-electron chi connectivity index (χ0n) is 19.5. The highest BCUT2D eigenvalue weighted by Gasteiger charge is 2.36. The largest absolute Gasteiger partial charge is 0.454 e. The van der Waals surface area contributed by atoms with Crippen molar-refractivity contribution in [3.05, 3.63) is 87.9 Å². The summed E-state index contributed by atoms with van der Waals surface area (Å²) in [5, 5.41) is 12.2. The maximum atomic E-state index is 13.3. The lowest BCUT2D eigenvalue weighted by atomic mass is 10.1. The second kappa shape index (κ2) is 9.84. The zero-order chi connectivity index (χ0) is 26.0. The van der Waals surface area contributed by atoms with E-state index in [0.29, 0.717) is 5.56 Å². The van der Waals surface area contributed by atoms with Crippen LogP contribution < -0.4 is 5.32 Å². The molecule has 0 saturated carbocycles. The maximum Gasteiger partial charge on any atom is 0.326 e. The van der Waals surface area contributed by atoms with Crippen LogP contribution in [0, 0.1) is 31.0 Å². The highest BCUT2D eigenvalue weighted by Crippen LogP contribution is 2.27. The van der Waals surface area contributed by atoms with Crippen LogP contribution in [0.1, 0.15) is 43.1 Å². The standard InChI is InChI=1S/C26H21FN4O5/c1-15-16(2)30(12-17-7-9-18(27)10-8-17)24(21(15)11-28)29-22(32)14-36-23(33)13-31-25(34)19-5-3-4-6-20(19)26(31)35/h3-10H,12-14H2,1-2H3,(H,29,32). The molecule has 0 radical (unpaired) electrons. The number of carbonyl (C=O) groups excluding carboxylic acids is 4. The highest BCUT2D eigenvalue weighted by molar-refractivity contribution is 6.22. The summed E-state index contributed by atoms with van der Waals surface area (Å²) in [6, 6.07) is 14.1. The maximum absolute atomic E-state index is 13.3. The van der Waals surface area contributed by atoms with Crippen LogP contribution in [-0.4, -0.2) is 46.3 Å². The van der Waals surface area contributed by atoms with Gasteiger partial charge in [0, 0.05) is 12.2 Å². The van der Waals surface area contributed by atoms with E-state index in [-0.39, 0.29) is 34.9 Å². The molecule has 0 aliphatic carbocycles. The van der Waals surface area contributed by atoms with E-state index in [2.05, 4.69) is 11.4 Å². The van der Waals surface area contributed by atoms with Crippen LogP contribution in [0.4, 0.5) is 10.2 Å². The summed E-state index contributed by atoms with van der Waals surface area (Å²) in [7, 11) is 0. The molecule has 0 fully saturated rings. The number of nitrogens with zero attached hydrogens (tertiary/aromatic N) is 3. The summed E-state index contributed by atoms with van der Waals surface area (Å²) >= 11 is 0. The number of fused-ring (bicyclic) bond motifs is 1. The molecule has 1 aromatic heterocycles. The van der Waals surface area contributed by atoms with Crippen molar-refractivity contribution in [1.82, 2.24) is 9.47 Å². The first-order valence-electron chi connectivity index (χ1n) is 11.0. The second-order valence-electron chi connectivity index (χ2n) is 8.21. The third-order valence-electron chi connectivity index (χ3n) is 5.98. The van der Waals surface area contributed by atoms with Crippen molar-refractivity contribution >= 4 is 29.5 Å². The summed E-state index contributed by atoms with van der Waals surface area (Å²) in [6.45, 7) is 2.48. The van der Waals surface area contributed by atoms with Crippen LogP contribution in [0.25, 0.3) is 0 Å². The Hall–Kier alpha value is -4.78. The zero-order valence-corrected chi connectivity index (χ0v) is 19.5. The number of benzene rings is 2. The van der Waals surface area contributed by atoms with E-state index < -0.39 is 36.8 Å². The molecule has 3 aromatic rings. The van der Waals surface area contributed by atoms with E-state index in [0.717, 1.165) is 16.2 Å². The summed E-state index contributed by atoms with van der Waals surface area (Å²) in [5.41, 5.74) is 2.79. The van der Waals surface area contributed by atoms with Gasteiger partial charge in [0.2, 0.25) is 0 Å². The van der Waals surface area contributed by atoms with Crippen LogP contribution in [0.15, 0.2) is 48.5 Å². The quantitative estimate of drug-likeness (QED) is 0.403. The number of rotatable bonds is 7. The molecule has 1 aliphatic heterocycles. The van der Waals surface area contributed by atoms with Crippen LogP contribution >= 0.6 is 0 Å². The number of carbonyl (C=O) groups is 4. The molecule has 182 valence electrons. The third-order valence-corrected chi connectivity index (χ3v) is 5.98. The van der Waals surface area contributed by atoms with Gasteiger partial charge in [-0.2, -0.15) is 5.26 Å². The molecule has 1 N–H and O–H groups in total. The average Bonchev–Trinajstić information content (AvgIpc) is 3.24. The molecule has 0 spiro atoms.